The third-order valence-corrected chi connectivity index (χ3v) is 7.84. The molecule has 0 aliphatic carbocycles. The largest absolute Gasteiger partial charge is 0.507 e. The first-order valence-electron chi connectivity index (χ1n) is 13.6. The Morgan fingerprint density at radius 3 is 2.53 bits per heavy atom. The van der Waals surface area contributed by atoms with E-state index in [2.05, 4.69) is 53.1 Å². The predicted molar refractivity (Wildman–Crippen MR) is 145 cm³/mol. The fourth-order valence-electron chi connectivity index (χ4n) is 5.97. The van der Waals surface area contributed by atoms with Gasteiger partial charge in [0, 0.05) is 22.7 Å². The van der Waals surface area contributed by atoms with Crippen LogP contribution in [0, 0.1) is 11.8 Å². The fourth-order valence-corrected chi connectivity index (χ4v) is 5.97. The smallest absolute Gasteiger partial charge is 0.434 e. The standard InChI is InChI=1S/C28H33N9O/c29-28-33-32-26(25-9-3-4-10-27(25)38)20-36(28)35-18-22-11-12-23(19-35)37(22)24-16-21(31-30-17-24)8-7-15-34-13-5-1-2-6-14-34/h3-4,9-10,16-17,20,22-23,29,38H,1-2,5-6,11-15,18-19H2/p+1. The van der Waals surface area contributed by atoms with Crippen LogP contribution in [0.25, 0.3) is 11.3 Å². The zero-order valence-corrected chi connectivity index (χ0v) is 21.6. The number of anilines is 2. The minimum atomic E-state index is 0.165. The molecule has 5 heterocycles. The molecular formula is C28H34N9O+. The quantitative estimate of drug-likeness (QED) is 0.399. The van der Waals surface area contributed by atoms with Crippen LogP contribution >= 0.6 is 0 Å². The highest BCUT2D eigenvalue weighted by atomic mass is 16.3. The second kappa shape index (κ2) is 10.8. The number of nitrogen functional groups attached to an aromatic ring is 1. The van der Waals surface area contributed by atoms with Gasteiger partial charge in [-0.3, -0.25) is 15.6 Å². The van der Waals surface area contributed by atoms with Gasteiger partial charge in [0.05, 0.1) is 31.5 Å². The third-order valence-electron chi connectivity index (χ3n) is 7.84. The Labute approximate surface area is 223 Å². The van der Waals surface area contributed by atoms with E-state index >= 15 is 0 Å². The number of aromatic nitrogens is 5. The molecule has 3 saturated heterocycles. The molecule has 3 N–H and O–H groups in total. The summed E-state index contributed by atoms with van der Waals surface area (Å²) < 4.78 is 1.88. The highest BCUT2D eigenvalue weighted by Gasteiger charge is 2.42. The molecule has 3 aliphatic rings. The zero-order chi connectivity index (χ0) is 25.9. The Balaban J connectivity index is 1.17. The third kappa shape index (κ3) is 5.07. The molecule has 2 aromatic heterocycles. The number of aromatic hydroxyl groups is 1. The van der Waals surface area contributed by atoms with Gasteiger partial charge in [0.15, 0.2) is 0 Å². The number of likely N-dealkylation sites (tertiary alicyclic amines) is 1. The molecular weight excluding hydrogens is 478 g/mol. The maximum absolute atomic E-state index is 10.3. The van der Waals surface area contributed by atoms with Crippen LogP contribution in [0.4, 0.5) is 11.6 Å². The molecule has 38 heavy (non-hydrogen) atoms. The van der Waals surface area contributed by atoms with E-state index in [1.54, 1.807) is 12.1 Å². The lowest BCUT2D eigenvalue weighted by atomic mass is 10.1. The van der Waals surface area contributed by atoms with Crippen LogP contribution in [-0.2, 0) is 0 Å². The van der Waals surface area contributed by atoms with E-state index in [4.69, 9.17) is 5.73 Å². The van der Waals surface area contributed by atoms with Crippen molar-refractivity contribution < 1.29 is 9.78 Å². The highest BCUT2D eigenvalue weighted by molar-refractivity contribution is 5.65. The Kier molecular flexibility index (Phi) is 6.92. The maximum Gasteiger partial charge on any atom is 0.434 e. The van der Waals surface area contributed by atoms with Crippen molar-refractivity contribution in [1.82, 2.24) is 25.3 Å². The Morgan fingerprint density at radius 1 is 1.00 bits per heavy atom. The number of nitrogens with two attached hydrogens (primary N) is 1. The van der Waals surface area contributed by atoms with Crippen LogP contribution in [0.1, 0.15) is 44.2 Å². The number of hydrogen-bond acceptors (Lipinski definition) is 9. The number of hydrogen-bond donors (Lipinski definition) is 2. The number of nitrogens with zero attached hydrogens (tertiary/aromatic N) is 8. The molecule has 10 heteroatoms. The minimum Gasteiger partial charge on any atom is -0.507 e. The van der Waals surface area contributed by atoms with Gasteiger partial charge in [-0.05, 0) is 62.9 Å². The summed E-state index contributed by atoms with van der Waals surface area (Å²) in [6.07, 6.45) is 11.1. The van der Waals surface area contributed by atoms with E-state index < -0.39 is 0 Å². The molecule has 0 spiro atoms. The van der Waals surface area contributed by atoms with Gasteiger partial charge in [-0.2, -0.15) is 5.10 Å². The molecule has 0 saturated carbocycles. The lowest BCUT2D eigenvalue weighted by molar-refractivity contribution is -0.682. The summed E-state index contributed by atoms with van der Waals surface area (Å²) >= 11 is 0. The molecule has 3 aliphatic heterocycles. The number of fused-ring (bicyclic) bond motifs is 2. The topological polar surface area (TPSA) is 111 Å². The Hall–Kier alpha value is -3.97. The minimum absolute atomic E-state index is 0.165. The first-order chi connectivity index (χ1) is 18.7. The summed E-state index contributed by atoms with van der Waals surface area (Å²) in [6, 6.07) is 9.82. The molecule has 3 aromatic rings. The van der Waals surface area contributed by atoms with Crippen molar-refractivity contribution in [3.63, 3.8) is 0 Å². The van der Waals surface area contributed by atoms with Crippen LogP contribution in [0.5, 0.6) is 5.75 Å². The molecule has 2 bridgehead atoms. The van der Waals surface area contributed by atoms with Crippen molar-refractivity contribution in [2.24, 2.45) is 0 Å². The van der Waals surface area contributed by atoms with E-state index in [0.29, 0.717) is 29.3 Å². The SMILES string of the molecule is Nc1nnc(-c2ccccc2O)c[n+]1N1CC2CCC(C1)N2c1cnnc(C#CCN2CCCCCC2)c1. The van der Waals surface area contributed by atoms with Gasteiger partial charge in [0.25, 0.3) is 0 Å². The van der Waals surface area contributed by atoms with Crippen LogP contribution in [0.2, 0.25) is 0 Å². The molecule has 0 radical (unpaired) electrons. The molecule has 6 rings (SSSR count). The summed E-state index contributed by atoms with van der Waals surface area (Å²) in [6.45, 7) is 4.64. The number of benzene rings is 1. The van der Waals surface area contributed by atoms with Gasteiger partial charge in [0.2, 0.25) is 0 Å². The van der Waals surface area contributed by atoms with E-state index in [0.717, 1.165) is 56.9 Å². The van der Waals surface area contributed by atoms with Crippen molar-refractivity contribution in [3.8, 4) is 28.8 Å². The molecule has 2 unspecified atom stereocenters. The maximum atomic E-state index is 10.3. The number of piperazine rings is 1. The molecule has 10 nitrogen and oxygen atoms in total. The van der Waals surface area contributed by atoms with Gasteiger partial charge in [0.1, 0.15) is 23.3 Å². The van der Waals surface area contributed by atoms with E-state index in [-0.39, 0.29) is 5.75 Å². The second-order valence-corrected chi connectivity index (χ2v) is 10.4. The normalized spacial score (nSPS) is 21.6. The monoisotopic (exact) mass is 512 g/mol. The molecule has 3 fully saturated rings. The number of phenolic OH excluding ortho intramolecular Hbond substituents is 1. The van der Waals surface area contributed by atoms with Crippen LogP contribution in [0.15, 0.2) is 42.7 Å². The van der Waals surface area contributed by atoms with Gasteiger partial charge in [-0.15, -0.1) is 9.77 Å². The number of para-hydroxylation sites is 1. The van der Waals surface area contributed by atoms with Crippen LogP contribution in [-0.4, -0.2) is 75.2 Å². The average molecular weight is 513 g/mol. The lowest BCUT2D eigenvalue weighted by Gasteiger charge is -2.41. The Bertz CT molecular complexity index is 1330. The van der Waals surface area contributed by atoms with Crippen molar-refractivity contribution >= 4 is 11.6 Å². The van der Waals surface area contributed by atoms with Crippen LogP contribution in [0.3, 0.4) is 0 Å². The second-order valence-electron chi connectivity index (χ2n) is 10.4. The first-order valence-corrected chi connectivity index (χ1v) is 13.6. The Morgan fingerprint density at radius 2 is 1.76 bits per heavy atom. The van der Waals surface area contributed by atoms with Gasteiger partial charge < -0.3 is 10.0 Å². The number of rotatable bonds is 4. The van der Waals surface area contributed by atoms with Crippen molar-refractivity contribution in [3.05, 3.63) is 48.4 Å². The summed E-state index contributed by atoms with van der Waals surface area (Å²) in [5, 5.41) is 29.5. The first kappa shape index (κ1) is 24.4. The molecule has 196 valence electrons. The van der Waals surface area contributed by atoms with E-state index in [1.807, 2.05) is 29.2 Å². The van der Waals surface area contributed by atoms with Gasteiger partial charge in [-0.1, -0.05) is 36.0 Å². The average Bonchev–Trinajstić information content (AvgIpc) is 3.09. The number of phenols is 1. The molecule has 1 aromatic carbocycles. The summed E-state index contributed by atoms with van der Waals surface area (Å²) in [5.41, 5.74) is 9.26. The van der Waals surface area contributed by atoms with Crippen LogP contribution < -0.4 is 20.3 Å². The summed E-state index contributed by atoms with van der Waals surface area (Å²) in [5.74, 6) is 7.06. The summed E-state index contributed by atoms with van der Waals surface area (Å²) in [7, 11) is 0. The zero-order valence-electron chi connectivity index (χ0n) is 21.6. The molecule has 0 amide bonds. The molecule has 2 atom stereocenters. The van der Waals surface area contributed by atoms with Crippen molar-refractivity contribution in [1.29, 1.82) is 0 Å². The van der Waals surface area contributed by atoms with Gasteiger partial charge >= 0.3 is 5.95 Å². The fraction of sp³-hybridized carbons (Fsp3) is 0.464. The van der Waals surface area contributed by atoms with E-state index in [1.165, 1.54) is 25.7 Å². The van der Waals surface area contributed by atoms with Crippen molar-refractivity contribution in [2.45, 2.75) is 50.6 Å². The summed E-state index contributed by atoms with van der Waals surface area (Å²) in [4.78, 5) is 4.92. The van der Waals surface area contributed by atoms with Gasteiger partial charge in [-0.25, -0.2) is 0 Å². The van der Waals surface area contributed by atoms with E-state index in [9.17, 15) is 5.11 Å². The highest BCUT2D eigenvalue weighted by Crippen LogP contribution is 2.34. The predicted octanol–water partition coefficient (Wildman–Crippen LogP) is 1.73. The van der Waals surface area contributed by atoms with Crippen molar-refractivity contribution in [2.75, 3.05) is 48.4 Å². The lowest BCUT2D eigenvalue weighted by Crippen LogP contribution is -2.69.